The van der Waals surface area contributed by atoms with Gasteiger partial charge in [-0.05, 0) is 89.9 Å². The molecule has 38 heavy (non-hydrogen) atoms. The molecule has 1 saturated heterocycles. The Labute approximate surface area is 225 Å². The van der Waals surface area contributed by atoms with Crippen molar-refractivity contribution in [2.75, 3.05) is 18.4 Å². The van der Waals surface area contributed by atoms with Gasteiger partial charge in [-0.1, -0.05) is 48.5 Å². The number of Topliss-reactive ketones (excluding diaryl/α,β-unsaturated/α-hetero) is 1. The van der Waals surface area contributed by atoms with Gasteiger partial charge in [0.15, 0.2) is 5.78 Å². The van der Waals surface area contributed by atoms with Crippen LogP contribution in [0.4, 0.5) is 10.5 Å². The molecule has 1 aromatic heterocycles. The number of hydrogen-bond acceptors (Lipinski definition) is 5. The SMILES string of the molecule is CC(C)(C)OC(=O)Nc1c2c(nc3ccccc13)CCC(CCC1CCN(Cc3ccccc3)CC1)C2=O. The first-order valence-electron chi connectivity index (χ1n) is 14.0. The molecule has 0 bridgehead atoms. The van der Waals surface area contributed by atoms with Crippen molar-refractivity contribution in [3.8, 4) is 0 Å². The van der Waals surface area contributed by atoms with Crippen LogP contribution < -0.4 is 5.32 Å². The Bertz CT molecular complexity index is 1290. The number of nitrogens with zero attached hydrogens (tertiary/aromatic N) is 2. The number of benzene rings is 2. The van der Waals surface area contributed by atoms with Gasteiger partial charge in [-0.15, -0.1) is 0 Å². The Balaban J connectivity index is 1.26. The second kappa shape index (κ2) is 11.2. The van der Waals surface area contributed by atoms with E-state index >= 15 is 0 Å². The average molecular weight is 514 g/mol. The molecule has 1 aliphatic carbocycles. The van der Waals surface area contributed by atoms with Crippen molar-refractivity contribution in [3.63, 3.8) is 0 Å². The van der Waals surface area contributed by atoms with Gasteiger partial charge in [-0.3, -0.25) is 20.0 Å². The number of aryl methyl sites for hydroxylation is 1. The molecule has 200 valence electrons. The number of ketones is 1. The van der Waals surface area contributed by atoms with E-state index in [-0.39, 0.29) is 11.7 Å². The van der Waals surface area contributed by atoms with Crippen LogP contribution in [0.5, 0.6) is 0 Å². The third-order valence-electron chi connectivity index (χ3n) is 7.82. The number of carbonyl (C=O) groups excluding carboxylic acids is 2. The number of rotatable bonds is 6. The summed E-state index contributed by atoms with van der Waals surface area (Å²) in [5.41, 5.74) is 3.42. The maximum atomic E-state index is 13.8. The van der Waals surface area contributed by atoms with Gasteiger partial charge in [0.1, 0.15) is 5.60 Å². The summed E-state index contributed by atoms with van der Waals surface area (Å²) in [5, 5.41) is 3.70. The van der Waals surface area contributed by atoms with Crippen LogP contribution >= 0.6 is 0 Å². The molecule has 6 nitrogen and oxygen atoms in total. The van der Waals surface area contributed by atoms with E-state index in [1.54, 1.807) is 0 Å². The molecule has 2 aromatic carbocycles. The number of fused-ring (bicyclic) bond motifs is 2. The smallest absolute Gasteiger partial charge is 0.412 e. The van der Waals surface area contributed by atoms with Crippen molar-refractivity contribution in [2.24, 2.45) is 11.8 Å². The van der Waals surface area contributed by atoms with Crippen LogP contribution in [0.2, 0.25) is 0 Å². The highest BCUT2D eigenvalue weighted by Gasteiger charge is 2.33. The molecular weight excluding hydrogens is 474 g/mol. The number of piperidine rings is 1. The second-order valence-electron chi connectivity index (χ2n) is 11.8. The predicted molar refractivity (Wildman–Crippen MR) is 151 cm³/mol. The van der Waals surface area contributed by atoms with Crippen LogP contribution in [0.25, 0.3) is 10.9 Å². The molecule has 1 unspecified atom stereocenters. The van der Waals surface area contributed by atoms with Crippen LogP contribution in [-0.2, 0) is 17.7 Å². The fraction of sp³-hybridized carbons (Fsp3) is 0.469. The topological polar surface area (TPSA) is 71.5 Å². The van der Waals surface area contributed by atoms with Crippen LogP contribution in [0.1, 0.15) is 74.5 Å². The largest absolute Gasteiger partial charge is 0.444 e. The lowest BCUT2D eigenvalue weighted by atomic mass is 9.79. The van der Waals surface area contributed by atoms with Crippen molar-refractivity contribution in [1.82, 2.24) is 9.88 Å². The van der Waals surface area contributed by atoms with E-state index < -0.39 is 11.7 Å². The lowest BCUT2D eigenvalue weighted by Crippen LogP contribution is -2.34. The minimum Gasteiger partial charge on any atom is -0.444 e. The fourth-order valence-electron chi connectivity index (χ4n) is 5.88. The maximum absolute atomic E-state index is 13.8. The highest BCUT2D eigenvalue weighted by molar-refractivity contribution is 6.13. The summed E-state index contributed by atoms with van der Waals surface area (Å²) in [6.07, 6.45) is 5.34. The molecule has 1 fully saturated rings. The van der Waals surface area contributed by atoms with Crippen molar-refractivity contribution >= 4 is 28.5 Å². The van der Waals surface area contributed by atoms with Gasteiger partial charge in [0.2, 0.25) is 0 Å². The number of ether oxygens (including phenoxy) is 1. The summed E-state index contributed by atoms with van der Waals surface area (Å²) in [5.74, 6) is 0.731. The summed E-state index contributed by atoms with van der Waals surface area (Å²) < 4.78 is 5.53. The van der Waals surface area contributed by atoms with Gasteiger partial charge in [0.25, 0.3) is 0 Å². The third kappa shape index (κ3) is 6.24. The number of likely N-dealkylation sites (tertiary alicyclic amines) is 1. The van der Waals surface area contributed by atoms with E-state index in [4.69, 9.17) is 9.72 Å². The number of pyridine rings is 1. The van der Waals surface area contributed by atoms with E-state index in [0.29, 0.717) is 17.2 Å². The quantitative estimate of drug-likeness (QED) is 0.383. The van der Waals surface area contributed by atoms with Crippen molar-refractivity contribution in [1.29, 1.82) is 0 Å². The first-order chi connectivity index (χ1) is 18.3. The molecule has 0 spiro atoms. The molecule has 3 aromatic rings. The van der Waals surface area contributed by atoms with E-state index in [0.717, 1.165) is 61.9 Å². The maximum Gasteiger partial charge on any atom is 0.412 e. The van der Waals surface area contributed by atoms with Gasteiger partial charge in [0, 0.05) is 17.8 Å². The molecule has 5 rings (SSSR count). The number of aromatic nitrogens is 1. The standard InChI is InChI=1S/C32H39N3O3/c1-32(2,3)38-31(37)34-29-25-11-7-8-12-26(25)33-27-16-15-24(30(36)28(27)29)14-13-22-17-19-35(20-18-22)21-23-9-5-4-6-10-23/h4-12,22,24H,13-21H2,1-3H3,(H,33,34,37). The molecule has 1 aliphatic heterocycles. The summed E-state index contributed by atoms with van der Waals surface area (Å²) in [7, 11) is 0. The number of nitrogens with one attached hydrogen (secondary N) is 1. The number of amides is 1. The first kappa shape index (κ1) is 26.4. The molecule has 6 heteroatoms. The number of para-hydroxylation sites is 1. The van der Waals surface area contributed by atoms with Gasteiger partial charge >= 0.3 is 6.09 Å². The molecule has 0 radical (unpaired) electrons. The van der Waals surface area contributed by atoms with Crippen LogP contribution in [0.15, 0.2) is 54.6 Å². The lowest BCUT2D eigenvalue weighted by Gasteiger charge is -2.33. The summed E-state index contributed by atoms with van der Waals surface area (Å²) >= 11 is 0. The Hall–Kier alpha value is -3.25. The zero-order valence-electron chi connectivity index (χ0n) is 22.8. The number of anilines is 1. The Morgan fingerprint density at radius 3 is 2.45 bits per heavy atom. The first-order valence-corrected chi connectivity index (χ1v) is 14.0. The summed E-state index contributed by atoms with van der Waals surface area (Å²) in [6, 6.07) is 18.3. The molecule has 0 saturated carbocycles. The van der Waals surface area contributed by atoms with Gasteiger partial charge in [-0.25, -0.2) is 4.79 Å². The normalized spacial score (nSPS) is 18.8. The van der Waals surface area contributed by atoms with Gasteiger partial charge in [0.05, 0.1) is 22.5 Å². The monoisotopic (exact) mass is 513 g/mol. The van der Waals surface area contributed by atoms with Crippen LogP contribution in [0.3, 0.4) is 0 Å². The van der Waals surface area contributed by atoms with Gasteiger partial charge in [-0.2, -0.15) is 0 Å². The van der Waals surface area contributed by atoms with E-state index in [1.165, 1.54) is 18.4 Å². The van der Waals surface area contributed by atoms with E-state index in [1.807, 2.05) is 45.0 Å². The summed E-state index contributed by atoms with van der Waals surface area (Å²) in [6.45, 7) is 8.74. The zero-order valence-corrected chi connectivity index (χ0v) is 22.8. The van der Waals surface area contributed by atoms with E-state index in [2.05, 4.69) is 40.5 Å². The molecule has 2 aliphatic rings. The van der Waals surface area contributed by atoms with Crippen molar-refractivity contribution in [3.05, 3.63) is 71.4 Å². The second-order valence-corrected chi connectivity index (χ2v) is 11.8. The predicted octanol–water partition coefficient (Wildman–Crippen LogP) is 7.02. The Morgan fingerprint density at radius 1 is 1.00 bits per heavy atom. The summed E-state index contributed by atoms with van der Waals surface area (Å²) in [4.78, 5) is 33.9. The Kier molecular flexibility index (Phi) is 7.80. The highest BCUT2D eigenvalue weighted by atomic mass is 16.6. The molecular formula is C32H39N3O3. The number of carbonyl (C=O) groups is 2. The lowest BCUT2D eigenvalue weighted by molar-refractivity contribution is 0.0636. The van der Waals surface area contributed by atoms with Crippen molar-refractivity contribution < 1.29 is 14.3 Å². The highest BCUT2D eigenvalue weighted by Crippen LogP contribution is 2.38. The minimum absolute atomic E-state index is 0.0352. The van der Waals surface area contributed by atoms with Gasteiger partial charge < -0.3 is 4.74 Å². The van der Waals surface area contributed by atoms with Crippen LogP contribution in [-0.4, -0.2) is 40.5 Å². The minimum atomic E-state index is -0.629. The molecule has 1 amide bonds. The van der Waals surface area contributed by atoms with E-state index in [9.17, 15) is 9.59 Å². The molecule has 1 N–H and O–H groups in total. The number of hydrogen-bond donors (Lipinski definition) is 1. The zero-order chi connectivity index (χ0) is 26.7. The fourth-order valence-corrected chi connectivity index (χ4v) is 5.88. The van der Waals surface area contributed by atoms with Crippen LogP contribution in [0, 0.1) is 11.8 Å². The third-order valence-corrected chi connectivity index (χ3v) is 7.82. The average Bonchev–Trinajstić information content (AvgIpc) is 2.88. The Morgan fingerprint density at radius 2 is 1.71 bits per heavy atom. The molecule has 2 heterocycles. The molecule has 1 atom stereocenters. The van der Waals surface area contributed by atoms with Crippen molar-refractivity contribution in [2.45, 2.75) is 71.4 Å².